The average molecular weight is 455 g/mol. The summed E-state index contributed by atoms with van der Waals surface area (Å²) in [5, 5.41) is 0.203. The summed E-state index contributed by atoms with van der Waals surface area (Å²) in [5.74, 6) is -3.26. The third-order valence-corrected chi connectivity index (χ3v) is 4.72. The van der Waals surface area contributed by atoms with Crippen LogP contribution in [-0.4, -0.2) is 34.7 Å². The van der Waals surface area contributed by atoms with Crippen LogP contribution in [0.15, 0.2) is 30.5 Å². The van der Waals surface area contributed by atoms with E-state index in [0.29, 0.717) is 18.5 Å². The number of carbonyl (C=O) groups excluding carboxylic acids is 1. The van der Waals surface area contributed by atoms with Crippen molar-refractivity contribution in [2.45, 2.75) is 39.4 Å². The van der Waals surface area contributed by atoms with Crippen LogP contribution in [0, 0.1) is 17.5 Å². The van der Waals surface area contributed by atoms with Gasteiger partial charge in [-0.3, -0.25) is 4.98 Å². The smallest absolute Gasteiger partial charge is 0.410 e. The van der Waals surface area contributed by atoms with Gasteiger partial charge in [-0.15, -0.1) is 0 Å². The van der Waals surface area contributed by atoms with E-state index in [2.05, 4.69) is 4.98 Å². The van der Waals surface area contributed by atoms with Crippen LogP contribution in [0.5, 0.6) is 5.75 Å². The zero-order chi connectivity index (χ0) is 22.8. The van der Waals surface area contributed by atoms with Crippen molar-refractivity contribution < 1.29 is 27.4 Å². The number of amides is 1. The molecule has 0 spiro atoms. The van der Waals surface area contributed by atoms with Gasteiger partial charge in [-0.25, -0.2) is 18.0 Å². The Kier molecular flexibility index (Phi) is 6.79. The van der Waals surface area contributed by atoms with E-state index in [1.54, 1.807) is 26.8 Å². The second-order valence-corrected chi connectivity index (χ2v) is 8.46. The zero-order valence-corrected chi connectivity index (χ0v) is 18.1. The van der Waals surface area contributed by atoms with Crippen molar-refractivity contribution in [2.24, 2.45) is 0 Å². The number of ether oxygens (including phenoxy) is 2. The molecular weight excluding hydrogens is 433 g/mol. The van der Waals surface area contributed by atoms with Crippen LogP contribution >= 0.6 is 11.6 Å². The number of hydrogen-bond acceptors (Lipinski definition) is 4. The largest absolute Gasteiger partial charge is 0.483 e. The Bertz CT molecular complexity index is 1020. The summed E-state index contributed by atoms with van der Waals surface area (Å²) >= 11 is 5.70. The van der Waals surface area contributed by atoms with Crippen LogP contribution < -0.4 is 4.74 Å². The van der Waals surface area contributed by atoms with Crippen LogP contribution in [0.3, 0.4) is 0 Å². The van der Waals surface area contributed by atoms with E-state index in [-0.39, 0.29) is 29.4 Å². The van der Waals surface area contributed by atoms with Gasteiger partial charge in [0.1, 0.15) is 23.7 Å². The van der Waals surface area contributed by atoms with Crippen molar-refractivity contribution in [3.05, 3.63) is 64.2 Å². The van der Waals surface area contributed by atoms with Crippen molar-refractivity contribution in [1.82, 2.24) is 9.88 Å². The summed E-state index contributed by atoms with van der Waals surface area (Å²) in [5.41, 5.74) is -0.0790. The number of benzene rings is 1. The molecule has 166 valence electrons. The normalized spacial score (nSPS) is 14.3. The maximum atomic E-state index is 15.0. The summed E-state index contributed by atoms with van der Waals surface area (Å²) in [6, 6.07) is 3.93. The Balaban J connectivity index is 1.75. The first-order valence-electron chi connectivity index (χ1n) is 9.63. The molecule has 31 heavy (non-hydrogen) atoms. The molecule has 1 amide bonds. The highest BCUT2D eigenvalue weighted by molar-refractivity contribution is 6.30. The summed E-state index contributed by atoms with van der Waals surface area (Å²) in [6.07, 6.45) is 2.33. The van der Waals surface area contributed by atoms with Gasteiger partial charge in [0.25, 0.3) is 0 Å². The molecule has 1 aliphatic rings. The Morgan fingerprint density at radius 1 is 1.23 bits per heavy atom. The summed E-state index contributed by atoms with van der Waals surface area (Å²) in [7, 11) is 0. The Morgan fingerprint density at radius 2 is 1.97 bits per heavy atom. The number of carbonyl (C=O) groups is 1. The summed E-state index contributed by atoms with van der Waals surface area (Å²) in [4.78, 5) is 17.5. The first-order valence-corrected chi connectivity index (χ1v) is 10.0. The molecular formula is C22H22ClF3N2O3. The number of halogens is 4. The predicted octanol–water partition coefficient (Wildman–Crippen LogP) is 5.76. The van der Waals surface area contributed by atoms with Gasteiger partial charge < -0.3 is 14.4 Å². The van der Waals surface area contributed by atoms with E-state index in [1.807, 2.05) is 0 Å². The van der Waals surface area contributed by atoms with Gasteiger partial charge in [-0.05, 0) is 44.9 Å². The Morgan fingerprint density at radius 3 is 2.58 bits per heavy atom. The van der Waals surface area contributed by atoms with Crippen molar-refractivity contribution in [3.8, 4) is 5.75 Å². The number of rotatable bonds is 4. The Hall–Kier alpha value is -2.74. The van der Waals surface area contributed by atoms with Crippen LogP contribution in [-0.2, 0) is 11.3 Å². The molecule has 0 radical (unpaired) electrons. The fraction of sp³-hybridized carbons (Fsp3) is 0.364. The van der Waals surface area contributed by atoms with Crippen molar-refractivity contribution in [1.29, 1.82) is 0 Å². The average Bonchev–Trinajstić information content (AvgIpc) is 2.68. The SMILES string of the molecule is CC(C)(C)OC(=O)N1CC=C(c2ncc(F)c(OCc3ccc(Cl)cc3F)c2F)CC1. The quantitative estimate of drug-likeness (QED) is 0.589. The zero-order valence-electron chi connectivity index (χ0n) is 17.3. The second kappa shape index (κ2) is 9.18. The van der Waals surface area contributed by atoms with Gasteiger partial charge in [-0.2, -0.15) is 0 Å². The van der Waals surface area contributed by atoms with Crippen molar-refractivity contribution in [2.75, 3.05) is 13.1 Å². The molecule has 1 aliphatic heterocycles. The predicted molar refractivity (Wildman–Crippen MR) is 110 cm³/mol. The van der Waals surface area contributed by atoms with Gasteiger partial charge in [0, 0.05) is 23.7 Å². The molecule has 3 rings (SSSR count). The third kappa shape index (κ3) is 5.70. The van der Waals surface area contributed by atoms with Gasteiger partial charge in [0.2, 0.25) is 0 Å². The van der Waals surface area contributed by atoms with Crippen LogP contribution in [0.4, 0.5) is 18.0 Å². The molecule has 2 aromatic rings. The highest BCUT2D eigenvalue weighted by atomic mass is 35.5. The van der Waals surface area contributed by atoms with Crippen molar-refractivity contribution >= 4 is 23.3 Å². The fourth-order valence-corrected chi connectivity index (χ4v) is 3.13. The summed E-state index contributed by atoms with van der Waals surface area (Å²) < 4.78 is 53.6. The Labute approximate surface area is 183 Å². The number of nitrogens with zero attached hydrogens (tertiary/aromatic N) is 2. The molecule has 5 nitrogen and oxygen atoms in total. The van der Waals surface area contributed by atoms with Crippen LogP contribution in [0.25, 0.3) is 5.57 Å². The maximum absolute atomic E-state index is 15.0. The number of hydrogen-bond donors (Lipinski definition) is 0. The molecule has 9 heteroatoms. The summed E-state index contributed by atoms with van der Waals surface area (Å²) in [6.45, 7) is 5.42. The van der Waals surface area contributed by atoms with E-state index >= 15 is 0 Å². The molecule has 0 N–H and O–H groups in total. The van der Waals surface area contributed by atoms with E-state index in [4.69, 9.17) is 21.1 Å². The first kappa shape index (κ1) is 22.9. The van der Waals surface area contributed by atoms with E-state index < -0.39 is 34.9 Å². The minimum Gasteiger partial charge on any atom is -0.483 e. The lowest BCUT2D eigenvalue weighted by atomic mass is 10.0. The standard InChI is InChI=1S/C22H22ClF3N2O3/c1-22(2,3)31-21(29)28-8-6-13(7-9-28)19-18(26)20(17(25)11-27-19)30-12-14-4-5-15(23)10-16(14)24/h4-6,10-11H,7-9,12H2,1-3H3. The number of pyridine rings is 1. The second-order valence-electron chi connectivity index (χ2n) is 8.03. The van der Waals surface area contributed by atoms with Gasteiger partial charge in [-0.1, -0.05) is 23.7 Å². The minimum atomic E-state index is -0.998. The third-order valence-electron chi connectivity index (χ3n) is 4.48. The minimum absolute atomic E-state index is 0.0724. The molecule has 0 unspecified atom stereocenters. The van der Waals surface area contributed by atoms with Gasteiger partial charge in [0.05, 0.1) is 6.20 Å². The highest BCUT2D eigenvalue weighted by Gasteiger charge is 2.26. The molecule has 0 aliphatic carbocycles. The van der Waals surface area contributed by atoms with Crippen LogP contribution in [0.1, 0.15) is 38.4 Å². The lowest BCUT2D eigenvalue weighted by molar-refractivity contribution is 0.0270. The lowest BCUT2D eigenvalue weighted by Crippen LogP contribution is -2.39. The molecule has 0 atom stereocenters. The fourth-order valence-electron chi connectivity index (χ4n) is 2.97. The van der Waals surface area contributed by atoms with Crippen LogP contribution in [0.2, 0.25) is 5.02 Å². The van der Waals surface area contributed by atoms with E-state index in [1.165, 1.54) is 17.0 Å². The molecule has 0 bridgehead atoms. The molecule has 1 aromatic heterocycles. The first-order chi connectivity index (χ1) is 14.5. The highest BCUT2D eigenvalue weighted by Crippen LogP contribution is 2.31. The molecule has 0 saturated heterocycles. The lowest BCUT2D eigenvalue weighted by Gasteiger charge is -2.29. The molecule has 2 heterocycles. The monoisotopic (exact) mass is 454 g/mol. The van der Waals surface area contributed by atoms with Gasteiger partial charge in [0.15, 0.2) is 17.4 Å². The number of aromatic nitrogens is 1. The van der Waals surface area contributed by atoms with E-state index in [9.17, 15) is 18.0 Å². The molecule has 0 saturated carbocycles. The van der Waals surface area contributed by atoms with E-state index in [0.717, 1.165) is 12.3 Å². The maximum Gasteiger partial charge on any atom is 0.410 e. The topological polar surface area (TPSA) is 51.7 Å². The molecule has 1 aromatic carbocycles. The van der Waals surface area contributed by atoms with Gasteiger partial charge >= 0.3 is 6.09 Å². The molecule has 0 fully saturated rings. The van der Waals surface area contributed by atoms with Crippen molar-refractivity contribution in [3.63, 3.8) is 0 Å².